The molecule has 2 aromatic heterocycles. The van der Waals surface area contributed by atoms with Gasteiger partial charge in [-0.2, -0.15) is 0 Å². The van der Waals surface area contributed by atoms with Gasteiger partial charge in [0.1, 0.15) is 10.7 Å². The van der Waals surface area contributed by atoms with Crippen molar-refractivity contribution in [3.05, 3.63) is 26.6 Å². The predicted molar refractivity (Wildman–Crippen MR) is 80.1 cm³/mol. The Labute approximate surface area is 117 Å². The zero-order chi connectivity index (χ0) is 13.2. The summed E-state index contributed by atoms with van der Waals surface area (Å²) in [6.45, 7) is 2.19. The fourth-order valence-corrected chi connectivity index (χ4v) is 4.15. The molecule has 2 heterocycles. The maximum absolute atomic E-state index is 12.3. The molecule has 4 heteroatoms. The number of H-pyrrole nitrogens is 1. The second kappa shape index (κ2) is 5.45. The molecule has 1 N–H and O–H groups in total. The Morgan fingerprint density at radius 2 is 2.11 bits per heavy atom. The minimum atomic E-state index is 0.0795. The molecule has 2 aromatic rings. The molecule has 1 aliphatic carbocycles. The predicted octanol–water partition coefficient (Wildman–Crippen LogP) is 3.60. The molecule has 0 saturated heterocycles. The van der Waals surface area contributed by atoms with Crippen LogP contribution in [-0.4, -0.2) is 9.97 Å². The van der Waals surface area contributed by atoms with Crippen LogP contribution in [0.2, 0.25) is 0 Å². The Kier molecular flexibility index (Phi) is 3.69. The van der Waals surface area contributed by atoms with Gasteiger partial charge in [-0.1, -0.05) is 19.8 Å². The number of hydrogen-bond donors (Lipinski definition) is 1. The molecule has 0 aliphatic heterocycles. The molecule has 0 spiro atoms. The summed E-state index contributed by atoms with van der Waals surface area (Å²) < 4.78 is 0. The molecule has 19 heavy (non-hydrogen) atoms. The lowest BCUT2D eigenvalue weighted by atomic mass is 9.97. The highest BCUT2D eigenvalue weighted by atomic mass is 32.1. The molecule has 0 bridgehead atoms. The highest BCUT2D eigenvalue weighted by molar-refractivity contribution is 7.18. The SMILES string of the molecule is CCCCCc1nc2sc3c(c2c(=O)[nH]1)CCCC3. The molecular formula is C15H20N2OS. The second-order valence-electron chi connectivity index (χ2n) is 5.36. The number of rotatable bonds is 4. The van der Waals surface area contributed by atoms with Gasteiger partial charge in [0.25, 0.3) is 5.56 Å². The van der Waals surface area contributed by atoms with Gasteiger partial charge in [0.2, 0.25) is 0 Å². The second-order valence-corrected chi connectivity index (χ2v) is 6.44. The van der Waals surface area contributed by atoms with Crippen molar-refractivity contribution in [1.29, 1.82) is 0 Å². The van der Waals surface area contributed by atoms with Crippen molar-refractivity contribution in [3.8, 4) is 0 Å². The average molecular weight is 276 g/mol. The molecule has 0 amide bonds. The van der Waals surface area contributed by atoms with Crippen LogP contribution in [0, 0.1) is 0 Å². The molecule has 0 unspecified atom stereocenters. The highest BCUT2D eigenvalue weighted by Crippen LogP contribution is 2.33. The number of aromatic amines is 1. The van der Waals surface area contributed by atoms with Gasteiger partial charge in [0.05, 0.1) is 5.39 Å². The van der Waals surface area contributed by atoms with Crippen molar-refractivity contribution in [2.45, 2.75) is 58.3 Å². The van der Waals surface area contributed by atoms with Crippen LogP contribution in [0.4, 0.5) is 0 Å². The van der Waals surface area contributed by atoms with Crippen molar-refractivity contribution in [1.82, 2.24) is 9.97 Å². The van der Waals surface area contributed by atoms with Gasteiger partial charge in [-0.3, -0.25) is 4.79 Å². The Balaban J connectivity index is 1.99. The lowest BCUT2D eigenvalue weighted by molar-refractivity contribution is 0.693. The summed E-state index contributed by atoms with van der Waals surface area (Å²) in [5, 5.41) is 0.874. The summed E-state index contributed by atoms with van der Waals surface area (Å²) >= 11 is 1.74. The van der Waals surface area contributed by atoms with Crippen LogP contribution < -0.4 is 5.56 Å². The highest BCUT2D eigenvalue weighted by Gasteiger charge is 2.19. The minimum absolute atomic E-state index is 0.0795. The molecule has 0 atom stereocenters. The van der Waals surface area contributed by atoms with Crippen LogP contribution in [0.3, 0.4) is 0 Å². The summed E-state index contributed by atoms with van der Waals surface area (Å²) in [6, 6.07) is 0. The van der Waals surface area contributed by atoms with Gasteiger partial charge in [-0.15, -0.1) is 11.3 Å². The van der Waals surface area contributed by atoms with E-state index in [1.807, 2.05) is 0 Å². The number of unbranched alkanes of at least 4 members (excludes halogenated alkanes) is 2. The Hall–Kier alpha value is -1.16. The number of aryl methyl sites for hydroxylation is 3. The van der Waals surface area contributed by atoms with Gasteiger partial charge in [0.15, 0.2) is 0 Å². The number of nitrogens with zero attached hydrogens (tertiary/aromatic N) is 1. The van der Waals surface area contributed by atoms with E-state index in [1.165, 1.54) is 36.1 Å². The van der Waals surface area contributed by atoms with Gasteiger partial charge in [-0.25, -0.2) is 4.98 Å². The number of thiophene rings is 1. The number of nitrogens with one attached hydrogen (secondary N) is 1. The van der Waals surface area contributed by atoms with E-state index in [9.17, 15) is 4.79 Å². The van der Waals surface area contributed by atoms with Crippen molar-refractivity contribution < 1.29 is 0 Å². The van der Waals surface area contributed by atoms with E-state index < -0.39 is 0 Å². The van der Waals surface area contributed by atoms with Crippen LogP contribution in [0.15, 0.2) is 4.79 Å². The Morgan fingerprint density at radius 1 is 1.26 bits per heavy atom. The monoisotopic (exact) mass is 276 g/mol. The fourth-order valence-electron chi connectivity index (χ4n) is 2.87. The first-order chi connectivity index (χ1) is 9.29. The van der Waals surface area contributed by atoms with E-state index in [-0.39, 0.29) is 5.56 Å². The van der Waals surface area contributed by atoms with Crippen molar-refractivity contribution in [2.24, 2.45) is 0 Å². The normalized spacial score (nSPS) is 14.8. The molecular weight excluding hydrogens is 256 g/mol. The molecule has 3 nitrogen and oxygen atoms in total. The first kappa shape index (κ1) is 12.9. The maximum Gasteiger partial charge on any atom is 0.259 e. The first-order valence-corrected chi connectivity index (χ1v) is 8.14. The van der Waals surface area contributed by atoms with Crippen molar-refractivity contribution in [2.75, 3.05) is 0 Å². The smallest absolute Gasteiger partial charge is 0.259 e. The third-order valence-electron chi connectivity index (χ3n) is 3.89. The maximum atomic E-state index is 12.3. The number of fused-ring (bicyclic) bond motifs is 3. The van der Waals surface area contributed by atoms with Crippen LogP contribution in [0.25, 0.3) is 10.2 Å². The molecule has 0 aromatic carbocycles. The van der Waals surface area contributed by atoms with Crippen LogP contribution >= 0.6 is 11.3 Å². The molecule has 102 valence electrons. The van der Waals surface area contributed by atoms with E-state index >= 15 is 0 Å². The minimum Gasteiger partial charge on any atom is -0.310 e. The Morgan fingerprint density at radius 3 is 2.95 bits per heavy atom. The molecule has 0 fully saturated rings. The van der Waals surface area contributed by atoms with E-state index in [1.54, 1.807) is 11.3 Å². The quantitative estimate of drug-likeness (QED) is 0.867. The molecule has 0 saturated carbocycles. The van der Waals surface area contributed by atoms with E-state index in [4.69, 9.17) is 0 Å². The van der Waals surface area contributed by atoms with Gasteiger partial charge in [0, 0.05) is 11.3 Å². The average Bonchev–Trinajstić information content (AvgIpc) is 2.77. The van der Waals surface area contributed by atoms with E-state index in [0.29, 0.717) is 0 Å². The molecule has 3 rings (SSSR count). The van der Waals surface area contributed by atoms with E-state index in [0.717, 1.165) is 41.7 Å². The standard InChI is InChI=1S/C15H20N2OS/c1-2-3-4-9-12-16-14(18)13-10-7-5-6-8-11(10)19-15(13)17-12/h2-9H2,1H3,(H,16,17,18). The summed E-state index contributed by atoms with van der Waals surface area (Å²) in [4.78, 5) is 22.3. The summed E-state index contributed by atoms with van der Waals surface area (Å²) in [5.41, 5.74) is 1.36. The summed E-state index contributed by atoms with van der Waals surface area (Å²) in [7, 11) is 0. The molecule has 0 radical (unpaired) electrons. The van der Waals surface area contributed by atoms with Crippen LogP contribution in [-0.2, 0) is 19.3 Å². The topological polar surface area (TPSA) is 45.8 Å². The first-order valence-electron chi connectivity index (χ1n) is 7.33. The van der Waals surface area contributed by atoms with E-state index in [2.05, 4.69) is 16.9 Å². The third-order valence-corrected chi connectivity index (χ3v) is 5.08. The van der Waals surface area contributed by atoms with Gasteiger partial charge in [-0.05, 0) is 37.7 Å². The van der Waals surface area contributed by atoms with Gasteiger partial charge < -0.3 is 4.98 Å². The number of aromatic nitrogens is 2. The zero-order valence-electron chi connectivity index (χ0n) is 11.4. The fraction of sp³-hybridized carbons (Fsp3) is 0.600. The third kappa shape index (κ3) is 2.46. The number of hydrogen-bond acceptors (Lipinski definition) is 3. The van der Waals surface area contributed by atoms with Crippen molar-refractivity contribution >= 4 is 21.6 Å². The summed E-state index contributed by atoms with van der Waals surface area (Å²) in [6.07, 6.45) is 9.02. The van der Waals surface area contributed by atoms with Gasteiger partial charge >= 0.3 is 0 Å². The van der Waals surface area contributed by atoms with Crippen LogP contribution in [0.5, 0.6) is 0 Å². The van der Waals surface area contributed by atoms with Crippen molar-refractivity contribution in [3.63, 3.8) is 0 Å². The van der Waals surface area contributed by atoms with Crippen LogP contribution in [0.1, 0.15) is 55.3 Å². The molecule has 1 aliphatic rings. The largest absolute Gasteiger partial charge is 0.310 e. The Bertz CT molecular complexity index is 641. The lowest BCUT2D eigenvalue weighted by Crippen LogP contribution is -2.13. The zero-order valence-corrected chi connectivity index (χ0v) is 12.2. The lowest BCUT2D eigenvalue weighted by Gasteiger charge is -2.09. The summed E-state index contributed by atoms with van der Waals surface area (Å²) in [5.74, 6) is 0.865.